The average molecular weight is 225 g/mol. The molecule has 2 nitrogen and oxygen atoms in total. The van der Waals surface area contributed by atoms with Crippen molar-refractivity contribution in [2.75, 3.05) is 13.2 Å². The first-order valence-corrected chi connectivity index (χ1v) is 5.69. The first-order valence-electron chi connectivity index (χ1n) is 5.69. The van der Waals surface area contributed by atoms with Crippen LogP contribution in [0.15, 0.2) is 24.3 Å². The highest BCUT2D eigenvalue weighted by molar-refractivity contribution is 5.15. The number of aliphatic hydroxyl groups excluding tert-OH is 1. The summed E-state index contributed by atoms with van der Waals surface area (Å²) in [6.07, 6.45) is 0. The van der Waals surface area contributed by atoms with Gasteiger partial charge in [0.1, 0.15) is 5.82 Å². The van der Waals surface area contributed by atoms with Crippen LogP contribution in [0, 0.1) is 17.7 Å². The monoisotopic (exact) mass is 225 g/mol. The smallest absolute Gasteiger partial charge is 0.123 e. The SMILES string of the molecule is CC(C)C(CO)CNCc1ccc(F)cc1. The van der Waals surface area contributed by atoms with E-state index in [1.165, 1.54) is 12.1 Å². The Hall–Kier alpha value is -0.930. The average Bonchev–Trinajstić information content (AvgIpc) is 2.26. The lowest BCUT2D eigenvalue weighted by Gasteiger charge is -2.18. The zero-order valence-corrected chi connectivity index (χ0v) is 9.91. The summed E-state index contributed by atoms with van der Waals surface area (Å²) in [6, 6.07) is 6.46. The van der Waals surface area contributed by atoms with Gasteiger partial charge in [-0.15, -0.1) is 0 Å². The largest absolute Gasteiger partial charge is 0.396 e. The predicted molar refractivity (Wildman–Crippen MR) is 63.5 cm³/mol. The summed E-state index contributed by atoms with van der Waals surface area (Å²) >= 11 is 0. The van der Waals surface area contributed by atoms with Gasteiger partial charge in [0, 0.05) is 19.7 Å². The highest BCUT2D eigenvalue weighted by atomic mass is 19.1. The Bertz CT molecular complexity index is 297. The van der Waals surface area contributed by atoms with Gasteiger partial charge in [-0.05, 0) is 29.5 Å². The Morgan fingerprint density at radius 1 is 1.25 bits per heavy atom. The molecule has 0 heterocycles. The summed E-state index contributed by atoms with van der Waals surface area (Å²) in [7, 11) is 0. The third kappa shape index (κ3) is 4.29. The van der Waals surface area contributed by atoms with E-state index in [-0.39, 0.29) is 18.3 Å². The zero-order chi connectivity index (χ0) is 12.0. The first-order chi connectivity index (χ1) is 7.63. The number of halogens is 1. The minimum Gasteiger partial charge on any atom is -0.396 e. The van der Waals surface area contributed by atoms with Crippen LogP contribution < -0.4 is 5.32 Å². The van der Waals surface area contributed by atoms with E-state index in [2.05, 4.69) is 19.2 Å². The van der Waals surface area contributed by atoms with Crippen LogP contribution in [0.2, 0.25) is 0 Å². The lowest BCUT2D eigenvalue weighted by atomic mass is 9.97. The standard InChI is InChI=1S/C13H20FNO/c1-10(2)12(9-16)8-15-7-11-3-5-13(14)6-4-11/h3-6,10,12,15-16H,7-9H2,1-2H3. The number of hydrogen-bond acceptors (Lipinski definition) is 2. The van der Waals surface area contributed by atoms with Gasteiger partial charge in [-0.3, -0.25) is 0 Å². The molecule has 1 aromatic rings. The second kappa shape index (κ2) is 6.61. The van der Waals surface area contributed by atoms with Crippen molar-refractivity contribution in [1.82, 2.24) is 5.32 Å². The summed E-state index contributed by atoms with van der Waals surface area (Å²) < 4.78 is 12.6. The van der Waals surface area contributed by atoms with Crippen molar-refractivity contribution in [3.63, 3.8) is 0 Å². The van der Waals surface area contributed by atoms with E-state index in [1.807, 2.05) is 0 Å². The molecule has 0 spiro atoms. The lowest BCUT2D eigenvalue weighted by Crippen LogP contribution is -2.28. The predicted octanol–water partition coefficient (Wildman–Crippen LogP) is 2.18. The molecule has 0 amide bonds. The number of nitrogens with one attached hydrogen (secondary N) is 1. The van der Waals surface area contributed by atoms with E-state index >= 15 is 0 Å². The number of hydrogen-bond donors (Lipinski definition) is 2. The summed E-state index contributed by atoms with van der Waals surface area (Å²) in [5.41, 5.74) is 1.06. The molecule has 1 aromatic carbocycles. The molecule has 0 aromatic heterocycles. The maximum absolute atomic E-state index is 12.6. The highest BCUT2D eigenvalue weighted by Gasteiger charge is 2.10. The van der Waals surface area contributed by atoms with Crippen molar-refractivity contribution in [3.05, 3.63) is 35.6 Å². The normalized spacial score (nSPS) is 13.1. The lowest BCUT2D eigenvalue weighted by molar-refractivity contribution is 0.186. The van der Waals surface area contributed by atoms with Crippen LogP contribution in [0.4, 0.5) is 4.39 Å². The van der Waals surface area contributed by atoms with Crippen LogP contribution in [0.3, 0.4) is 0 Å². The van der Waals surface area contributed by atoms with Crippen molar-refractivity contribution >= 4 is 0 Å². The molecule has 1 rings (SSSR count). The van der Waals surface area contributed by atoms with E-state index in [1.54, 1.807) is 12.1 Å². The third-order valence-electron chi connectivity index (χ3n) is 2.83. The fraction of sp³-hybridized carbons (Fsp3) is 0.538. The van der Waals surface area contributed by atoms with Gasteiger partial charge in [0.05, 0.1) is 0 Å². The molecule has 0 fully saturated rings. The van der Waals surface area contributed by atoms with E-state index in [0.29, 0.717) is 12.5 Å². The fourth-order valence-corrected chi connectivity index (χ4v) is 1.52. The summed E-state index contributed by atoms with van der Waals surface area (Å²) in [5, 5.41) is 12.4. The molecule has 1 atom stereocenters. The zero-order valence-electron chi connectivity index (χ0n) is 9.91. The molecular formula is C13H20FNO. The molecule has 0 aliphatic heterocycles. The van der Waals surface area contributed by atoms with Crippen LogP contribution >= 0.6 is 0 Å². The molecule has 0 saturated carbocycles. The van der Waals surface area contributed by atoms with Gasteiger partial charge in [-0.1, -0.05) is 26.0 Å². The number of rotatable bonds is 6. The van der Waals surface area contributed by atoms with E-state index < -0.39 is 0 Å². The van der Waals surface area contributed by atoms with E-state index in [9.17, 15) is 4.39 Å². The van der Waals surface area contributed by atoms with Crippen LogP contribution in [0.1, 0.15) is 19.4 Å². The number of benzene rings is 1. The minimum absolute atomic E-state index is 0.202. The van der Waals surface area contributed by atoms with Gasteiger partial charge in [-0.25, -0.2) is 4.39 Å². The summed E-state index contributed by atoms with van der Waals surface area (Å²) in [6.45, 7) is 5.89. The Balaban J connectivity index is 2.32. The van der Waals surface area contributed by atoms with Crippen LogP contribution in [-0.4, -0.2) is 18.3 Å². The first kappa shape index (κ1) is 13.1. The van der Waals surface area contributed by atoms with Gasteiger partial charge >= 0.3 is 0 Å². The van der Waals surface area contributed by atoms with Gasteiger partial charge in [0.15, 0.2) is 0 Å². The van der Waals surface area contributed by atoms with Gasteiger partial charge < -0.3 is 10.4 Å². The van der Waals surface area contributed by atoms with Crippen molar-refractivity contribution in [3.8, 4) is 0 Å². The molecule has 3 heteroatoms. The quantitative estimate of drug-likeness (QED) is 0.777. The van der Waals surface area contributed by atoms with Crippen molar-refractivity contribution in [2.45, 2.75) is 20.4 Å². The second-order valence-electron chi connectivity index (χ2n) is 4.44. The molecule has 16 heavy (non-hydrogen) atoms. The van der Waals surface area contributed by atoms with Crippen molar-refractivity contribution in [2.24, 2.45) is 11.8 Å². The van der Waals surface area contributed by atoms with E-state index in [4.69, 9.17) is 5.11 Å². The molecule has 1 unspecified atom stereocenters. The fourth-order valence-electron chi connectivity index (χ4n) is 1.52. The minimum atomic E-state index is -0.209. The second-order valence-corrected chi connectivity index (χ2v) is 4.44. The maximum Gasteiger partial charge on any atom is 0.123 e. The molecular weight excluding hydrogens is 205 g/mol. The molecule has 0 aliphatic rings. The molecule has 0 radical (unpaired) electrons. The van der Waals surface area contributed by atoms with Crippen LogP contribution in [-0.2, 0) is 6.54 Å². The van der Waals surface area contributed by atoms with Crippen molar-refractivity contribution < 1.29 is 9.50 Å². The van der Waals surface area contributed by atoms with Gasteiger partial charge in [-0.2, -0.15) is 0 Å². The van der Waals surface area contributed by atoms with E-state index in [0.717, 1.165) is 12.1 Å². The molecule has 2 N–H and O–H groups in total. The summed E-state index contributed by atoms with van der Waals surface area (Å²) in [4.78, 5) is 0. The molecule has 0 bridgehead atoms. The van der Waals surface area contributed by atoms with Crippen LogP contribution in [0.5, 0.6) is 0 Å². The highest BCUT2D eigenvalue weighted by Crippen LogP contribution is 2.09. The summed E-state index contributed by atoms with van der Waals surface area (Å²) in [5.74, 6) is 0.533. The van der Waals surface area contributed by atoms with Crippen molar-refractivity contribution in [1.29, 1.82) is 0 Å². The Kier molecular flexibility index (Phi) is 5.43. The Labute approximate surface area is 96.5 Å². The van der Waals surface area contributed by atoms with Gasteiger partial charge in [0.2, 0.25) is 0 Å². The van der Waals surface area contributed by atoms with Gasteiger partial charge in [0.25, 0.3) is 0 Å². The Morgan fingerprint density at radius 2 is 1.88 bits per heavy atom. The van der Waals surface area contributed by atoms with Crippen LogP contribution in [0.25, 0.3) is 0 Å². The third-order valence-corrected chi connectivity index (χ3v) is 2.83. The molecule has 0 aliphatic carbocycles. The molecule has 0 saturated heterocycles. The Morgan fingerprint density at radius 3 is 2.38 bits per heavy atom. The maximum atomic E-state index is 12.6. The topological polar surface area (TPSA) is 32.3 Å². The molecule has 90 valence electrons. The number of aliphatic hydroxyl groups is 1.